The maximum Gasteiger partial charge on any atom is 0.272 e. The summed E-state index contributed by atoms with van der Waals surface area (Å²) in [6.45, 7) is 6.34. The molecule has 7 heteroatoms. The van der Waals surface area contributed by atoms with E-state index in [0.717, 1.165) is 0 Å². The lowest BCUT2D eigenvalue weighted by atomic mass is 10.1. The van der Waals surface area contributed by atoms with Crippen molar-refractivity contribution in [3.8, 4) is 0 Å². The second-order valence-electron chi connectivity index (χ2n) is 7.25. The number of nitrogens with one attached hydrogen (secondary N) is 1. The van der Waals surface area contributed by atoms with Crippen LogP contribution in [0.3, 0.4) is 0 Å². The number of para-hydroxylation sites is 1. The van der Waals surface area contributed by atoms with Crippen molar-refractivity contribution in [1.82, 2.24) is 9.47 Å². The number of hydrogen-bond acceptors (Lipinski definition) is 4. The van der Waals surface area contributed by atoms with Crippen LogP contribution in [0.1, 0.15) is 52.0 Å². The quantitative estimate of drug-likeness (QED) is 0.823. The molecular weight excluding hydrogens is 358 g/mol. The van der Waals surface area contributed by atoms with Crippen LogP contribution >= 0.6 is 0 Å². The van der Waals surface area contributed by atoms with Crippen molar-refractivity contribution in [2.24, 2.45) is 7.05 Å². The Morgan fingerprint density at radius 1 is 1.11 bits per heavy atom. The molecule has 1 N–H and O–H groups in total. The van der Waals surface area contributed by atoms with E-state index in [-0.39, 0.29) is 29.8 Å². The van der Waals surface area contributed by atoms with Crippen LogP contribution in [0, 0.1) is 0 Å². The number of aromatic nitrogens is 1. The standard InChI is InChI=1S/C21H25N3O4/c1-13-10-24(11-14(2)28-13)21(27)17-7-5-6-8-18(17)22-20(26)19-9-16(15(3)25)12-23(19)4/h5-9,12-14H,10-11H2,1-4H3,(H,22,26). The van der Waals surface area contributed by atoms with Gasteiger partial charge in [0.25, 0.3) is 11.8 Å². The second kappa shape index (κ2) is 7.98. The third-order valence-corrected chi connectivity index (χ3v) is 4.76. The fraction of sp³-hybridized carbons (Fsp3) is 0.381. The predicted octanol–water partition coefficient (Wildman–Crippen LogP) is 2.73. The molecule has 1 aromatic heterocycles. The average molecular weight is 383 g/mol. The van der Waals surface area contributed by atoms with Crippen LogP contribution in [0.15, 0.2) is 36.5 Å². The van der Waals surface area contributed by atoms with Gasteiger partial charge in [0.2, 0.25) is 0 Å². The normalized spacial score (nSPS) is 19.4. The maximum atomic E-state index is 13.1. The number of carbonyl (C=O) groups is 3. The minimum Gasteiger partial charge on any atom is -0.372 e. The van der Waals surface area contributed by atoms with Crippen LogP contribution in [0.5, 0.6) is 0 Å². The molecule has 0 bridgehead atoms. The molecular formula is C21H25N3O4. The minimum atomic E-state index is -0.376. The number of amides is 2. The summed E-state index contributed by atoms with van der Waals surface area (Å²) in [7, 11) is 1.70. The van der Waals surface area contributed by atoms with Crippen molar-refractivity contribution in [2.75, 3.05) is 18.4 Å². The van der Waals surface area contributed by atoms with Gasteiger partial charge in [-0.05, 0) is 39.0 Å². The van der Waals surface area contributed by atoms with E-state index in [2.05, 4.69) is 5.32 Å². The van der Waals surface area contributed by atoms with Gasteiger partial charge in [0, 0.05) is 31.9 Å². The highest BCUT2D eigenvalue weighted by Crippen LogP contribution is 2.21. The highest BCUT2D eigenvalue weighted by atomic mass is 16.5. The number of benzene rings is 1. The van der Waals surface area contributed by atoms with E-state index in [1.807, 2.05) is 13.8 Å². The topological polar surface area (TPSA) is 80.6 Å². The molecule has 2 heterocycles. The number of morpholine rings is 1. The van der Waals surface area contributed by atoms with Crippen LogP contribution in [-0.2, 0) is 11.8 Å². The molecule has 0 radical (unpaired) electrons. The first-order valence-electron chi connectivity index (χ1n) is 9.28. The summed E-state index contributed by atoms with van der Waals surface area (Å²) < 4.78 is 7.29. The number of hydrogen-bond donors (Lipinski definition) is 1. The first-order chi connectivity index (χ1) is 13.3. The Morgan fingerprint density at radius 2 is 1.75 bits per heavy atom. The van der Waals surface area contributed by atoms with E-state index < -0.39 is 0 Å². The molecule has 148 valence electrons. The molecule has 0 aliphatic carbocycles. The van der Waals surface area contributed by atoms with Crippen molar-refractivity contribution in [3.05, 3.63) is 53.3 Å². The molecule has 1 aliphatic heterocycles. The maximum absolute atomic E-state index is 13.1. The van der Waals surface area contributed by atoms with Crippen molar-refractivity contribution >= 4 is 23.3 Å². The van der Waals surface area contributed by atoms with Gasteiger partial charge in [0.1, 0.15) is 5.69 Å². The van der Waals surface area contributed by atoms with E-state index >= 15 is 0 Å². The second-order valence-corrected chi connectivity index (χ2v) is 7.25. The molecule has 1 fully saturated rings. The third kappa shape index (κ3) is 4.14. The molecule has 2 amide bonds. The summed E-state index contributed by atoms with van der Waals surface area (Å²) in [5.74, 6) is -0.631. The first kappa shape index (κ1) is 19.8. The van der Waals surface area contributed by atoms with Crippen molar-refractivity contribution in [3.63, 3.8) is 0 Å². The van der Waals surface area contributed by atoms with Crippen LogP contribution in [0.4, 0.5) is 5.69 Å². The van der Waals surface area contributed by atoms with Gasteiger partial charge in [-0.1, -0.05) is 12.1 Å². The Kier molecular flexibility index (Phi) is 5.65. The van der Waals surface area contributed by atoms with E-state index in [4.69, 9.17) is 4.74 Å². The van der Waals surface area contributed by atoms with Gasteiger partial charge in [0.15, 0.2) is 5.78 Å². The fourth-order valence-corrected chi connectivity index (χ4v) is 3.46. The van der Waals surface area contributed by atoms with Gasteiger partial charge in [-0.15, -0.1) is 0 Å². The highest BCUT2D eigenvalue weighted by Gasteiger charge is 2.28. The molecule has 0 spiro atoms. The zero-order valence-electron chi connectivity index (χ0n) is 16.6. The summed E-state index contributed by atoms with van der Waals surface area (Å²) in [6.07, 6.45) is 1.54. The number of aryl methyl sites for hydroxylation is 1. The summed E-state index contributed by atoms with van der Waals surface area (Å²) in [5, 5.41) is 2.81. The van der Waals surface area contributed by atoms with Gasteiger partial charge in [-0.3, -0.25) is 14.4 Å². The monoisotopic (exact) mass is 383 g/mol. The average Bonchev–Trinajstić information content (AvgIpc) is 3.03. The Bertz CT molecular complexity index is 908. The van der Waals surface area contributed by atoms with E-state index in [1.165, 1.54) is 6.92 Å². The van der Waals surface area contributed by atoms with Crippen LogP contribution in [-0.4, -0.2) is 52.4 Å². The fourth-order valence-electron chi connectivity index (χ4n) is 3.46. The first-order valence-corrected chi connectivity index (χ1v) is 9.28. The third-order valence-electron chi connectivity index (χ3n) is 4.76. The lowest BCUT2D eigenvalue weighted by molar-refractivity contribution is -0.0585. The lowest BCUT2D eigenvalue weighted by Crippen LogP contribution is -2.48. The van der Waals surface area contributed by atoms with E-state index in [9.17, 15) is 14.4 Å². The number of carbonyl (C=O) groups excluding carboxylic acids is 3. The molecule has 3 rings (SSSR count). The van der Waals surface area contributed by atoms with Crippen LogP contribution in [0.25, 0.3) is 0 Å². The zero-order valence-corrected chi connectivity index (χ0v) is 16.6. The molecule has 1 aliphatic rings. The number of ketones is 1. The largest absolute Gasteiger partial charge is 0.372 e. The molecule has 2 atom stereocenters. The molecule has 28 heavy (non-hydrogen) atoms. The Morgan fingerprint density at radius 3 is 2.36 bits per heavy atom. The number of Topliss-reactive ketones (excluding diaryl/α,β-unsaturated/α-hetero) is 1. The van der Waals surface area contributed by atoms with Crippen molar-refractivity contribution in [2.45, 2.75) is 33.0 Å². The van der Waals surface area contributed by atoms with Crippen LogP contribution in [0.2, 0.25) is 0 Å². The summed E-state index contributed by atoms with van der Waals surface area (Å²) >= 11 is 0. The van der Waals surface area contributed by atoms with Gasteiger partial charge < -0.3 is 19.5 Å². The predicted molar refractivity (Wildman–Crippen MR) is 106 cm³/mol. The summed E-state index contributed by atoms with van der Waals surface area (Å²) in [4.78, 5) is 39.1. The number of ether oxygens (including phenoxy) is 1. The zero-order chi connectivity index (χ0) is 20.4. The number of rotatable bonds is 4. The lowest BCUT2D eigenvalue weighted by Gasteiger charge is -2.35. The number of anilines is 1. The smallest absolute Gasteiger partial charge is 0.272 e. The molecule has 2 aromatic rings. The van der Waals surface area contributed by atoms with Crippen molar-refractivity contribution < 1.29 is 19.1 Å². The highest BCUT2D eigenvalue weighted by molar-refractivity contribution is 6.09. The molecule has 1 saturated heterocycles. The van der Waals surface area contributed by atoms with Gasteiger partial charge in [-0.25, -0.2) is 0 Å². The molecule has 7 nitrogen and oxygen atoms in total. The Hall–Kier alpha value is -2.93. The Balaban J connectivity index is 1.83. The van der Waals surface area contributed by atoms with E-state index in [1.54, 1.807) is 53.0 Å². The Labute approximate surface area is 164 Å². The summed E-state index contributed by atoms with van der Waals surface area (Å²) in [5.41, 5.74) is 1.68. The number of nitrogens with zero attached hydrogens (tertiary/aromatic N) is 2. The molecule has 1 aromatic carbocycles. The van der Waals surface area contributed by atoms with Crippen LogP contribution < -0.4 is 5.32 Å². The molecule has 0 saturated carbocycles. The minimum absolute atomic E-state index is 0.0391. The van der Waals surface area contributed by atoms with Crippen molar-refractivity contribution in [1.29, 1.82) is 0 Å². The van der Waals surface area contributed by atoms with Gasteiger partial charge in [0.05, 0.1) is 23.5 Å². The van der Waals surface area contributed by atoms with Gasteiger partial charge >= 0.3 is 0 Å². The van der Waals surface area contributed by atoms with Gasteiger partial charge in [-0.2, -0.15) is 0 Å². The van der Waals surface area contributed by atoms with E-state index in [0.29, 0.717) is 35.6 Å². The summed E-state index contributed by atoms with van der Waals surface area (Å²) in [6, 6.07) is 8.49. The molecule has 2 unspecified atom stereocenters. The SMILES string of the molecule is CC(=O)c1cc(C(=O)Nc2ccccc2C(=O)N2CC(C)OC(C)C2)n(C)c1.